The van der Waals surface area contributed by atoms with E-state index in [0.717, 1.165) is 28.6 Å². The average molecular weight is 666 g/mol. The molecule has 248 valence electrons. The van der Waals surface area contributed by atoms with Crippen molar-refractivity contribution < 1.29 is 41.9 Å². The van der Waals surface area contributed by atoms with Crippen molar-refractivity contribution in [3.05, 3.63) is 81.9 Å². The number of amides is 1. The second-order valence-electron chi connectivity index (χ2n) is 11.6. The number of fused-ring (bicyclic) bond motifs is 5. The van der Waals surface area contributed by atoms with Gasteiger partial charge in [-0.25, -0.2) is 13.2 Å². The van der Waals surface area contributed by atoms with Gasteiger partial charge in [-0.3, -0.25) is 19.7 Å². The molecule has 1 fully saturated rings. The maximum absolute atomic E-state index is 14.3. The van der Waals surface area contributed by atoms with Crippen LogP contribution in [0.15, 0.2) is 65.6 Å². The minimum atomic E-state index is -4.39. The van der Waals surface area contributed by atoms with Gasteiger partial charge in [0.1, 0.15) is 23.6 Å². The molecular weight excluding hydrogens is 630 g/mol. The molecule has 1 N–H and O–H groups in total. The Morgan fingerprint density at radius 3 is 2.11 bits per heavy atom. The first kappa shape index (κ1) is 33.5. The Morgan fingerprint density at radius 2 is 1.53 bits per heavy atom. The molecule has 14 heteroatoms. The number of non-ortho nitro benzene ring substituents is 1. The minimum absolute atomic E-state index is 0.0988. The monoisotopic (exact) mass is 665 g/mol. The fourth-order valence-corrected chi connectivity index (χ4v) is 7.32. The first-order valence-electron chi connectivity index (χ1n) is 14.9. The van der Waals surface area contributed by atoms with Gasteiger partial charge in [0, 0.05) is 49.1 Å². The maximum Gasteiger partial charge on any atom is 0.328 e. The number of esters is 1. The maximum atomic E-state index is 14.3. The van der Waals surface area contributed by atoms with E-state index in [2.05, 4.69) is 5.32 Å². The molecule has 1 heterocycles. The molecule has 1 saturated carbocycles. The van der Waals surface area contributed by atoms with Crippen LogP contribution in [0, 0.1) is 22.0 Å². The van der Waals surface area contributed by atoms with E-state index in [1.54, 1.807) is 36.4 Å². The number of likely N-dealkylation sites (N-methyl/N-ethyl adjacent to an activating group) is 1. The summed E-state index contributed by atoms with van der Waals surface area (Å²) in [6.45, 7) is 0. The topological polar surface area (TPSA) is 171 Å². The molecule has 3 atom stereocenters. The number of rotatable bonds is 8. The van der Waals surface area contributed by atoms with E-state index in [1.807, 2.05) is 0 Å². The zero-order valence-corrected chi connectivity index (χ0v) is 27.1. The van der Waals surface area contributed by atoms with Gasteiger partial charge in [0.05, 0.1) is 31.1 Å². The highest BCUT2D eigenvalue weighted by Gasteiger charge is 2.42. The molecule has 47 heavy (non-hydrogen) atoms. The largest absolute Gasteiger partial charge is 0.496 e. The van der Waals surface area contributed by atoms with E-state index in [4.69, 9.17) is 14.2 Å². The van der Waals surface area contributed by atoms with Gasteiger partial charge in [0.2, 0.25) is 15.9 Å². The van der Waals surface area contributed by atoms with Gasteiger partial charge in [0.15, 0.2) is 5.78 Å². The van der Waals surface area contributed by atoms with Gasteiger partial charge in [-0.2, -0.15) is 4.31 Å². The van der Waals surface area contributed by atoms with Gasteiger partial charge in [-0.05, 0) is 66.3 Å². The lowest BCUT2D eigenvalue weighted by atomic mass is 9.88. The predicted molar refractivity (Wildman–Crippen MR) is 169 cm³/mol. The lowest BCUT2D eigenvalue weighted by Crippen LogP contribution is -2.47. The second kappa shape index (κ2) is 13.5. The number of nitrogens with zero attached hydrogens (tertiary/aromatic N) is 2. The van der Waals surface area contributed by atoms with Gasteiger partial charge >= 0.3 is 5.97 Å². The molecule has 13 nitrogen and oxygen atoms in total. The number of hydrogen-bond donors (Lipinski definition) is 1. The fraction of sp³-hybridized carbons (Fsp3) is 0.364. The number of methoxy groups -OCH3 is 3. The first-order chi connectivity index (χ1) is 22.4. The highest BCUT2D eigenvalue weighted by atomic mass is 32.2. The molecule has 3 aromatic rings. The first-order valence-corrected chi connectivity index (χ1v) is 16.3. The van der Waals surface area contributed by atoms with Crippen molar-refractivity contribution in [2.24, 2.45) is 11.8 Å². The SMILES string of the molecule is COC(=O)[C@@H]1Cc2ccc(OC)c(c2)-c2cc(ccc2OC)[C@H](N(C)S(=O)(=O)c2ccc([N+](=O)[O-])cc2)C(=O)C[C@@H](C2CC2)C(=O)N1. The highest BCUT2D eigenvalue weighted by Crippen LogP contribution is 2.43. The zero-order valence-electron chi connectivity index (χ0n) is 26.3. The summed E-state index contributed by atoms with van der Waals surface area (Å²) in [4.78, 5) is 51.2. The van der Waals surface area contributed by atoms with Crippen LogP contribution < -0.4 is 14.8 Å². The van der Waals surface area contributed by atoms with Crippen molar-refractivity contribution in [1.82, 2.24) is 9.62 Å². The Morgan fingerprint density at radius 1 is 0.915 bits per heavy atom. The number of nitrogens with one attached hydrogen (secondary N) is 1. The van der Waals surface area contributed by atoms with Crippen molar-refractivity contribution in [1.29, 1.82) is 0 Å². The molecule has 1 amide bonds. The third-order valence-corrected chi connectivity index (χ3v) is 10.5. The van der Waals surface area contributed by atoms with E-state index < -0.39 is 50.6 Å². The summed E-state index contributed by atoms with van der Waals surface area (Å²) in [5, 5.41) is 14.0. The number of benzene rings is 3. The second-order valence-corrected chi connectivity index (χ2v) is 13.6. The van der Waals surface area contributed by atoms with Crippen LogP contribution in [0.25, 0.3) is 11.1 Å². The summed E-state index contributed by atoms with van der Waals surface area (Å²) < 4.78 is 45.2. The molecule has 0 saturated heterocycles. The summed E-state index contributed by atoms with van der Waals surface area (Å²) in [7, 11) is 1.05. The normalized spacial score (nSPS) is 20.1. The molecule has 2 aliphatic rings. The molecule has 1 aliphatic carbocycles. The van der Waals surface area contributed by atoms with E-state index in [1.165, 1.54) is 28.4 Å². The Kier molecular flexibility index (Phi) is 9.63. The van der Waals surface area contributed by atoms with Crippen LogP contribution in [0.4, 0.5) is 5.69 Å². The lowest BCUT2D eigenvalue weighted by Gasteiger charge is -2.29. The third-order valence-electron chi connectivity index (χ3n) is 8.68. The quantitative estimate of drug-likeness (QED) is 0.212. The molecule has 4 bridgehead atoms. The van der Waals surface area contributed by atoms with Crippen LogP contribution in [0.3, 0.4) is 0 Å². The smallest absolute Gasteiger partial charge is 0.328 e. The Hall–Kier alpha value is -4.82. The molecule has 0 radical (unpaired) electrons. The number of Topliss-reactive ketones (excluding diaryl/α,β-unsaturated/α-hetero) is 1. The highest BCUT2D eigenvalue weighted by molar-refractivity contribution is 7.89. The van der Waals surface area contributed by atoms with Crippen molar-refractivity contribution in [3.8, 4) is 22.6 Å². The molecular formula is C33H35N3O10S. The zero-order chi connectivity index (χ0) is 34.0. The third kappa shape index (κ3) is 6.83. The minimum Gasteiger partial charge on any atom is -0.496 e. The summed E-state index contributed by atoms with van der Waals surface area (Å²) >= 11 is 0. The Balaban J connectivity index is 1.70. The van der Waals surface area contributed by atoms with E-state index in [0.29, 0.717) is 46.6 Å². The number of carbonyl (C=O) groups excluding carboxylic acids is 3. The average Bonchev–Trinajstić information content (AvgIpc) is 3.91. The summed E-state index contributed by atoms with van der Waals surface area (Å²) in [5.41, 5.74) is 1.73. The molecule has 5 rings (SSSR count). The molecule has 0 aromatic heterocycles. The van der Waals surface area contributed by atoms with Crippen LogP contribution in [0.5, 0.6) is 11.5 Å². The van der Waals surface area contributed by atoms with Crippen molar-refractivity contribution in [2.75, 3.05) is 28.4 Å². The Bertz CT molecular complexity index is 1820. The number of carbonyl (C=O) groups is 3. The van der Waals surface area contributed by atoms with Gasteiger partial charge in [-0.1, -0.05) is 12.1 Å². The summed E-state index contributed by atoms with van der Waals surface area (Å²) in [5.74, 6) is -1.79. The van der Waals surface area contributed by atoms with Gasteiger partial charge in [-0.15, -0.1) is 0 Å². The number of hydrogen-bond acceptors (Lipinski definition) is 10. The van der Waals surface area contributed by atoms with Crippen LogP contribution in [-0.2, 0) is 35.6 Å². The number of sulfonamides is 1. The van der Waals surface area contributed by atoms with Gasteiger partial charge in [0.25, 0.3) is 5.69 Å². The summed E-state index contributed by atoms with van der Waals surface area (Å²) in [6.07, 6.45) is 1.20. The van der Waals surface area contributed by atoms with Crippen molar-refractivity contribution in [3.63, 3.8) is 0 Å². The van der Waals surface area contributed by atoms with E-state index >= 15 is 0 Å². The number of ketones is 1. The van der Waals surface area contributed by atoms with Gasteiger partial charge < -0.3 is 19.5 Å². The molecule has 0 spiro atoms. The number of ether oxygens (including phenoxy) is 3. The van der Waals surface area contributed by atoms with Crippen molar-refractivity contribution >= 4 is 33.4 Å². The molecule has 1 aliphatic heterocycles. The van der Waals surface area contributed by atoms with Crippen LogP contribution in [-0.4, -0.2) is 69.7 Å². The predicted octanol–water partition coefficient (Wildman–Crippen LogP) is 3.84. The Labute approximate surface area is 272 Å². The number of nitro groups is 1. The van der Waals surface area contributed by atoms with E-state index in [9.17, 15) is 32.9 Å². The van der Waals surface area contributed by atoms with Crippen LogP contribution in [0.1, 0.15) is 36.4 Å². The van der Waals surface area contributed by atoms with E-state index in [-0.39, 0.29) is 29.3 Å². The van der Waals surface area contributed by atoms with Crippen LogP contribution >= 0.6 is 0 Å². The molecule has 3 aromatic carbocycles. The molecule has 0 unspecified atom stereocenters. The summed E-state index contributed by atoms with van der Waals surface area (Å²) in [6, 6.07) is 12.0. The fourth-order valence-electron chi connectivity index (χ4n) is 5.99. The standard InChI is InChI=1S/C33H35N3O10S/c1-35(47(42,43)23-11-9-22(10-12-23)36(40)41)31-21-8-14-30(45-3)26(17-21)25-15-19(5-13-29(25)44-2)16-27(33(39)46-4)34-32(38)24(18-28(31)37)20-6-7-20/h5,8-15,17,20,24,27,31H,6-7,16,18H2,1-4H3,(H,34,38)/t24-,27-,31-/m0/s1. The lowest BCUT2D eigenvalue weighted by molar-refractivity contribution is -0.384. The van der Waals surface area contributed by atoms with Crippen LogP contribution in [0.2, 0.25) is 0 Å². The van der Waals surface area contributed by atoms with Crippen molar-refractivity contribution in [2.45, 2.75) is 42.7 Å². The number of nitro benzene ring substituents is 1.